The Morgan fingerprint density at radius 1 is 1.42 bits per heavy atom. The number of ketones is 1. The molecule has 0 aromatic carbocycles. The van der Waals surface area contributed by atoms with Crippen molar-refractivity contribution in [2.45, 2.75) is 44.8 Å². The fourth-order valence-corrected chi connectivity index (χ4v) is 5.59. The fraction of sp³-hybridized carbons (Fsp3) is 0.684. The quantitative estimate of drug-likeness (QED) is 0.618. The van der Waals surface area contributed by atoms with E-state index >= 15 is 0 Å². The van der Waals surface area contributed by atoms with E-state index in [0.29, 0.717) is 6.42 Å². The fourth-order valence-electron chi connectivity index (χ4n) is 5.59. The van der Waals surface area contributed by atoms with Crippen LogP contribution < -0.4 is 0 Å². The van der Waals surface area contributed by atoms with E-state index in [2.05, 4.69) is 6.58 Å². The molecule has 0 radical (unpaired) electrons. The number of aliphatic carboxylic acids is 1. The van der Waals surface area contributed by atoms with Gasteiger partial charge in [0, 0.05) is 26.1 Å². The molecule has 132 valence electrons. The second-order valence-electron chi connectivity index (χ2n) is 7.62. The van der Waals surface area contributed by atoms with Gasteiger partial charge in [0.1, 0.15) is 0 Å². The largest absolute Gasteiger partial charge is 0.481 e. The highest BCUT2D eigenvalue weighted by Gasteiger charge is 2.69. The van der Waals surface area contributed by atoms with Crippen molar-refractivity contribution in [3.63, 3.8) is 0 Å². The predicted octanol–water partition coefficient (Wildman–Crippen LogP) is 2.96. The van der Waals surface area contributed by atoms with Gasteiger partial charge >= 0.3 is 5.97 Å². The molecule has 0 aromatic rings. The summed E-state index contributed by atoms with van der Waals surface area (Å²) in [4.78, 5) is 23.8. The van der Waals surface area contributed by atoms with E-state index in [4.69, 9.17) is 14.6 Å². The normalized spacial score (nSPS) is 39.8. The highest BCUT2D eigenvalue weighted by atomic mass is 16.7. The van der Waals surface area contributed by atoms with Crippen LogP contribution in [0.25, 0.3) is 0 Å². The average Bonchev–Trinajstić information content (AvgIpc) is 2.58. The number of ether oxygens (including phenoxy) is 2. The van der Waals surface area contributed by atoms with E-state index in [1.54, 1.807) is 20.3 Å². The number of rotatable bonds is 5. The number of methoxy groups -OCH3 is 2. The van der Waals surface area contributed by atoms with Crippen molar-refractivity contribution in [1.82, 2.24) is 0 Å². The minimum Gasteiger partial charge on any atom is -0.481 e. The minimum atomic E-state index is -0.944. The summed E-state index contributed by atoms with van der Waals surface area (Å²) >= 11 is 0. The molecule has 0 saturated heterocycles. The van der Waals surface area contributed by atoms with E-state index in [0.717, 1.165) is 24.8 Å². The van der Waals surface area contributed by atoms with Crippen molar-refractivity contribution in [2.75, 3.05) is 14.2 Å². The lowest BCUT2D eigenvalue weighted by Crippen LogP contribution is -2.67. The Bertz CT molecular complexity index is 617. The van der Waals surface area contributed by atoms with Crippen LogP contribution in [0.2, 0.25) is 0 Å². The van der Waals surface area contributed by atoms with Crippen LogP contribution in [0.3, 0.4) is 0 Å². The van der Waals surface area contributed by atoms with Gasteiger partial charge < -0.3 is 14.6 Å². The molecule has 0 amide bonds. The van der Waals surface area contributed by atoms with Crippen LogP contribution in [0.4, 0.5) is 0 Å². The highest BCUT2D eigenvalue weighted by Crippen LogP contribution is 2.68. The summed E-state index contributed by atoms with van der Waals surface area (Å²) in [6, 6.07) is 0. The van der Waals surface area contributed by atoms with Gasteiger partial charge in [-0.1, -0.05) is 19.6 Å². The number of carboxylic acids is 1. The second kappa shape index (κ2) is 5.53. The summed E-state index contributed by atoms with van der Waals surface area (Å²) in [5, 5.41) is 9.12. The van der Waals surface area contributed by atoms with Crippen molar-refractivity contribution >= 4 is 11.8 Å². The zero-order chi connectivity index (χ0) is 17.8. The first-order chi connectivity index (χ1) is 11.3. The maximum absolute atomic E-state index is 12.7. The van der Waals surface area contributed by atoms with Gasteiger partial charge in [-0.15, -0.1) is 0 Å². The molecule has 4 aliphatic rings. The molecule has 0 aliphatic heterocycles. The Hall–Kier alpha value is -1.46. The number of allylic oxidation sites excluding steroid dienone is 1. The summed E-state index contributed by atoms with van der Waals surface area (Å²) < 4.78 is 11.8. The lowest BCUT2D eigenvalue weighted by atomic mass is 9.42. The molecule has 0 aromatic heterocycles. The molecule has 1 unspecified atom stereocenters. The maximum atomic E-state index is 12.7. The SMILES string of the molecule is C=C1[C@H]2CC[C@@]3(C=CC(=O)[C@@](C)(CCC(=O)O)C3C2)C1(OC)OC. The zero-order valence-electron chi connectivity index (χ0n) is 14.6. The molecule has 4 rings (SSSR count). The average molecular weight is 334 g/mol. The van der Waals surface area contributed by atoms with E-state index in [9.17, 15) is 9.59 Å². The summed E-state index contributed by atoms with van der Waals surface area (Å²) in [5.74, 6) is -1.58. The third-order valence-electron chi connectivity index (χ3n) is 6.87. The molecule has 1 N–H and O–H groups in total. The molecule has 1 spiro atoms. The first-order valence-corrected chi connectivity index (χ1v) is 8.52. The number of fused-ring (bicyclic) bond motifs is 2. The Kier molecular flexibility index (Phi) is 4.00. The zero-order valence-corrected chi connectivity index (χ0v) is 14.6. The van der Waals surface area contributed by atoms with Gasteiger partial charge in [0.05, 0.1) is 5.41 Å². The molecular weight excluding hydrogens is 308 g/mol. The highest BCUT2D eigenvalue weighted by molar-refractivity contribution is 5.96. The molecule has 4 aliphatic carbocycles. The van der Waals surface area contributed by atoms with Gasteiger partial charge in [-0.3, -0.25) is 9.59 Å². The third kappa shape index (κ3) is 1.94. The van der Waals surface area contributed by atoms with Gasteiger partial charge in [-0.2, -0.15) is 0 Å². The van der Waals surface area contributed by atoms with E-state index < -0.39 is 22.6 Å². The van der Waals surface area contributed by atoms with Crippen LogP contribution in [0.15, 0.2) is 24.3 Å². The molecule has 5 nitrogen and oxygen atoms in total. The van der Waals surface area contributed by atoms with Crippen LogP contribution in [0.5, 0.6) is 0 Å². The van der Waals surface area contributed by atoms with Crippen molar-refractivity contribution in [1.29, 1.82) is 0 Å². The van der Waals surface area contributed by atoms with Crippen molar-refractivity contribution in [3.8, 4) is 0 Å². The van der Waals surface area contributed by atoms with Crippen molar-refractivity contribution in [3.05, 3.63) is 24.3 Å². The molecule has 5 heteroatoms. The monoisotopic (exact) mass is 334 g/mol. The summed E-state index contributed by atoms with van der Waals surface area (Å²) in [5.41, 5.74) is -0.243. The molecular formula is C19H26O5. The standard InChI is InChI=1S/C19H26O5/c1-12-13-5-9-18(19(12,23-3)24-4)10-6-15(20)17(2,14(18)11-13)8-7-16(21)22/h6,10,13-14H,1,5,7-9,11H2,2-4H3,(H,21,22)/t13-,14?,17-,18-/m0/s1. The number of hydrogen-bond donors (Lipinski definition) is 1. The molecule has 3 fully saturated rings. The van der Waals surface area contributed by atoms with Gasteiger partial charge in [-0.25, -0.2) is 0 Å². The van der Waals surface area contributed by atoms with Gasteiger partial charge in [-0.05, 0) is 49.2 Å². The molecule has 0 heterocycles. The Morgan fingerprint density at radius 2 is 2.08 bits per heavy atom. The lowest BCUT2D eigenvalue weighted by molar-refractivity contribution is -0.293. The van der Waals surface area contributed by atoms with Crippen molar-refractivity contribution < 1.29 is 24.2 Å². The smallest absolute Gasteiger partial charge is 0.303 e. The van der Waals surface area contributed by atoms with Crippen LogP contribution in [-0.2, 0) is 19.1 Å². The predicted molar refractivity (Wildman–Crippen MR) is 88.3 cm³/mol. The molecule has 24 heavy (non-hydrogen) atoms. The molecule has 3 saturated carbocycles. The second-order valence-corrected chi connectivity index (χ2v) is 7.62. The topological polar surface area (TPSA) is 72.8 Å². The molecule has 2 bridgehead atoms. The van der Waals surface area contributed by atoms with Crippen LogP contribution in [0.1, 0.15) is 39.0 Å². The van der Waals surface area contributed by atoms with E-state index in [1.807, 2.05) is 13.0 Å². The minimum absolute atomic E-state index is 0.00833. The van der Waals surface area contributed by atoms with Gasteiger partial charge in [0.15, 0.2) is 11.6 Å². The number of carbonyl (C=O) groups is 2. The lowest BCUT2D eigenvalue weighted by Gasteiger charge is -2.65. The summed E-state index contributed by atoms with van der Waals surface area (Å²) in [6.45, 7) is 6.17. The summed E-state index contributed by atoms with van der Waals surface area (Å²) in [7, 11) is 3.25. The Morgan fingerprint density at radius 3 is 2.67 bits per heavy atom. The Labute approximate surface area is 142 Å². The van der Waals surface area contributed by atoms with Crippen LogP contribution in [-0.4, -0.2) is 36.9 Å². The van der Waals surface area contributed by atoms with Crippen LogP contribution in [0, 0.1) is 22.7 Å². The third-order valence-corrected chi connectivity index (χ3v) is 6.87. The first-order valence-electron chi connectivity index (χ1n) is 8.52. The van der Waals surface area contributed by atoms with E-state index in [1.165, 1.54) is 0 Å². The van der Waals surface area contributed by atoms with E-state index in [-0.39, 0.29) is 24.0 Å². The Balaban J connectivity index is 2.12. The number of hydrogen-bond acceptors (Lipinski definition) is 4. The van der Waals surface area contributed by atoms with Crippen molar-refractivity contribution in [2.24, 2.45) is 22.7 Å². The van der Waals surface area contributed by atoms with Gasteiger partial charge in [0.25, 0.3) is 0 Å². The first kappa shape index (κ1) is 17.4. The maximum Gasteiger partial charge on any atom is 0.303 e. The number of carboxylic acid groups (broad SMARTS) is 1. The van der Waals surface area contributed by atoms with Crippen LogP contribution >= 0.6 is 0 Å². The number of carbonyl (C=O) groups excluding carboxylic acids is 1. The summed E-state index contributed by atoms with van der Waals surface area (Å²) in [6.07, 6.45) is 6.58. The van der Waals surface area contributed by atoms with Gasteiger partial charge in [0.2, 0.25) is 0 Å². The molecule has 4 atom stereocenters.